The van der Waals surface area contributed by atoms with Crippen LogP contribution in [0.3, 0.4) is 0 Å². The highest BCUT2D eigenvalue weighted by Gasteiger charge is 2.31. The van der Waals surface area contributed by atoms with Gasteiger partial charge in [0.05, 0.1) is 31.6 Å². The van der Waals surface area contributed by atoms with Crippen LogP contribution in [0.4, 0.5) is 0 Å². The van der Waals surface area contributed by atoms with Gasteiger partial charge in [0.2, 0.25) is 5.88 Å². The molecule has 1 N–H and O–H groups in total. The summed E-state index contributed by atoms with van der Waals surface area (Å²) in [4.78, 5) is 20.0. The van der Waals surface area contributed by atoms with Gasteiger partial charge in [0.15, 0.2) is 6.29 Å². The van der Waals surface area contributed by atoms with Gasteiger partial charge in [-0.1, -0.05) is 94.3 Å². The summed E-state index contributed by atoms with van der Waals surface area (Å²) in [5, 5.41) is 13.9. The molecule has 0 spiro atoms. The van der Waals surface area contributed by atoms with Gasteiger partial charge in [-0.2, -0.15) is 0 Å². The lowest BCUT2D eigenvalue weighted by atomic mass is 9.99. The van der Waals surface area contributed by atoms with Gasteiger partial charge in [-0.3, -0.25) is 9.79 Å². The van der Waals surface area contributed by atoms with Crippen molar-refractivity contribution in [3.05, 3.63) is 39.6 Å². The number of thioether (sulfide) groups is 1. The Kier molecular flexibility index (Phi) is 12.5. The zero-order valence-electron chi connectivity index (χ0n) is 22.8. The van der Waals surface area contributed by atoms with Crippen molar-refractivity contribution >= 4 is 51.0 Å². The maximum atomic E-state index is 12.7. The van der Waals surface area contributed by atoms with Crippen molar-refractivity contribution in [1.82, 2.24) is 4.57 Å². The molecule has 1 aliphatic rings. The number of aromatic hydroxyl groups is 1. The number of aldehydes is 1. The van der Waals surface area contributed by atoms with E-state index in [9.17, 15) is 9.90 Å². The molecule has 7 heteroatoms. The molecule has 0 amide bonds. The molecule has 2 aromatic heterocycles. The van der Waals surface area contributed by atoms with Crippen molar-refractivity contribution in [1.29, 1.82) is 0 Å². The molecule has 0 saturated carbocycles. The molecule has 3 heterocycles. The molecule has 0 fully saturated rings. The van der Waals surface area contributed by atoms with Crippen LogP contribution in [-0.4, -0.2) is 32.4 Å². The largest absolute Gasteiger partial charge is 0.494 e. The van der Waals surface area contributed by atoms with Crippen molar-refractivity contribution in [2.75, 3.05) is 6.54 Å². The smallest absolute Gasteiger partial charge is 0.201 e. The van der Waals surface area contributed by atoms with E-state index in [1.165, 1.54) is 19.3 Å². The number of rotatable bonds is 16. The number of unbranched alkanes of at least 4 members (excludes halogenated alkanes) is 2. The Morgan fingerprint density at radius 2 is 1.89 bits per heavy atom. The summed E-state index contributed by atoms with van der Waals surface area (Å²) < 4.78 is 2.29. The van der Waals surface area contributed by atoms with E-state index in [4.69, 9.17) is 4.99 Å². The molecule has 3 unspecified atom stereocenters. The first kappa shape index (κ1) is 30.2. The summed E-state index contributed by atoms with van der Waals surface area (Å²) in [6, 6.07) is 4.06. The van der Waals surface area contributed by atoms with Crippen LogP contribution in [0, 0.1) is 11.8 Å². The lowest BCUT2D eigenvalue weighted by molar-refractivity contribution is 0.112. The first-order chi connectivity index (χ1) is 18.0. The standard InChI is InChI=1S/C30H43BrN2O2S2/c1-5-9-12-21(7-3)18-32-28(24-15-16-26(31)37-24)27-23(20-34)29(25-14-11-17-36-25)33(30(27)35)19-22(8-4)13-10-6-2/h11,14-15,17,20-22,26,35H,5-10,12-13,16,18-19H2,1-4H3. The second-order valence-corrected chi connectivity index (χ2v) is 13.9. The highest BCUT2D eigenvalue weighted by Crippen LogP contribution is 2.44. The second-order valence-electron chi connectivity index (χ2n) is 10.0. The maximum absolute atomic E-state index is 12.7. The number of carbonyl (C=O) groups excluding carboxylic acids is 1. The van der Waals surface area contributed by atoms with Crippen molar-refractivity contribution in [2.45, 2.75) is 96.2 Å². The number of aliphatic imine (C=N–C) groups is 1. The van der Waals surface area contributed by atoms with Gasteiger partial charge in [-0.05, 0) is 42.5 Å². The first-order valence-corrected chi connectivity index (χ1v) is 16.7. The van der Waals surface area contributed by atoms with Crippen LogP contribution >= 0.6 is 39.0 Å². The van der Waals surface area contributed by atoms with E-state index in [1.54, 1.807) is 23.1 Å². The number of hydrogen-bond acceptors (Lipinski definition) is 5. The quantitative estimate of drug-likeness (QED) is 0.117. The fourth-order valence-electron chi connectivity index (χ4n) is 5.01. The van der Waals surface area contributed by atoms with E-state index in [1.807, 2.05) is 22.1 Å². The molecule has 3 atom stereocenters. The van der Waals surface area contributed by atoms with E-state index >= 15 is 0 Å². The summed E-state index contributed by atoms with van der Waals surface area (Å²) in [5.74, 6) is 1.12. The van der Waals surface area contributed by atoms with E-state index in [-0.39, 0.29) is 10.0 Å². The number of aromatic nitrogens is 1. The Bertz CT molecular complexity index is 1060. The number of nitrogens with zero attached hydrogens (tertiary/aromatic N) is 2. The van der Waals surface area contributed by atoms with Crippen LogP contribution in [0.2, 0.25) is 0 Å². The van der Waals surface area contributed by atoms with Crippen molar-refractivity contribution in [2.24, 2.45) is 16.8 Å². The molecule has 204 valence electrons. The van der Waals surface area contributed by atoms with Gasteiger partial charge in [0.1, 0.15) is 0 Å². The Labute approximate surface area is 240 Å². The molecule has 3 rings (SSSR count). The van der Waals surface area contributed by atoms with Crippen molar-refractivity contribution in [3.63, 3.8) is 0 Å². The van der Waals surface area contributed by atoms with Crippen LogP contribution in [0.25, 0.3) is 10.6 Å². The first-order valence-electron chi connectivity index (χ1n) is 14.0. The fourth-order valence-corrected chi connectivity index (χ4v) is 7.53. The molecule has 0 aliphatic carbocycles. The summed E-state index contributed by atoms with van der Waals surface area (Å²) in [7, 11) is 0. The Hall–Kier alpha value is -1.31. The van der Waals surface area contributed by atoms with E-state index in [2.05, 4.69) is 49.7 Å². The van der Waals surface area contributed by atoms with Crippen LogP contribution < -0.4 is 0 Å². The minimum absolute atomic E-state index is 0.181. The molecule has 2 aromatic rings. The minimum atomic E-state index is 0.181. The Balaban J connectivity index is 2.16. The number of halogens is 1. The van der Waals surface area contributed by atoms with Crippen molar-refractivity contribution in [3.8, 4) is 16.5 Å². The van der Waals surface area contributed by atoms with Gasteiger partial charge in [-0.15, -0.1) is 23.1 Å². The third kappa shape index (κ3) is 7.63. The number of thiophene rings is 1. The predicted molar refractivity (Wildman–Crippen MR) is 166 cm³/mol. The minimum Gasteiger partial charge on any atom is -0.494 e. The average molecular weight is 608 g/mol. The van der Waals surface area contributed by atoms with Gasteiger partial charge in [-0.25, -0.2) is 0 Å². The maximum Gasteiger partial charge on any atom is 0.201 e. The number of allylic oxidation sites excluding steroid dienone is 2. The third-order valence-corrected chi connectivity index (χ3v) is 10.3. The SMILES string of the molecule is CCCCC(CC)CN=C(C1=CCC(Br)S1)c1c(C=O)c(-c2cccs2)n(CC(CC)CCCC)c1O. The average Bonchev–Trinajstić information content (AvgIpc) is 3.64. The number of carbonyl (C=O) groups is 1. The van der Waals surface area contributed by atoms with Gasteiger partial charge >= 0.3 is 0 Å². The van der Waals surface area contributed by atoms with E-state index in [0.717, 1.165) is 66.0 Å². The van der Waals surface area contributed by atoms with Crippen LogP contribution in [0.5, 0.6) is 5.88 Å². The van der Waals surface area contributed by atoms with Gasteiger partial charge < -0.3 is 9.67 Å². The van der Waals surface area contributed by atoms with Crippen LogP contribution in [-0.2, 0) is 6.54 Å². The highest BCUT2D eigenvalue weighted by atomic mass is 79.9. The molecule has 0 saturated heterocycles. The summed E-state index contributed by atoms with van der Waals surface area (Å²) in [6.07, 6.45) is 13.1. The molecule has 0 radical (unpaired) electrons. The molecule has 1 aliphatic heterocycles. The third-order valence-electron chi connectivity index (χ3n) is 7.39. The highest BCUT2D eigenvalue weighted by molar-refractivity contribution is 9.11. The molecular formula is C30H43BrN2O2S2. The summed E-state index contributed by atoms with van der Waals surface area (Å²) in [5.41, 5.74) is 2.77. The number of hydrogen-bond donors (Lipinski definition) is 1. The topological polar surface area (TPSA) is 54.6 Å². The van der Waals surface area contributed by atoms with Gasteiger partial charge in [0.25, 0.3) is 0 Å². The lowest BCUT2D eigenvalue weighted by Crippen LogP contribution is -2.12. The summed E-state index contributed by atoms with van der Waals surface area (Å²) >= 11 is 7.08. The molecule has 4 nitrogen and oxygen atoms in total. The monoisotopic (exact) mass is 606 g/mol. The van der Waals surface area contributed by atoms with Crippen LogP contribution in [0.1, 0.15) is 101 Å². The molecule has 37 heavy (non-hydrogen) atoms. The Morgan fingerprint density at radius 3 is 2.43 bits per heavy atom. The van der Waals surface area contributed by atoms with Gasteiger partial charge in [0, 0.05) is 18.0 Å². The number of alkyl halides is 1. The fraction of sp³-hybridized carbons (Fsp3) is 0.600. The zero-order chi connectivity index (χ0) is 26.8. The predicted octanol–water partition coefficient (Wildman–Crippen LogP) is 9.70. The molecule has 0 bridgehead atoms. The molecule has 0 aromatic carbocycles. The lowest BCUT2D eigenvalue weighted by Gasteiger charge is -2.18. The van der Waals surface area contributed by atoms with E-state index in [0.29, 0.717) is 36.1 Å². The van der Waals surface area contributed by atoms with Crippen molar-refractivity contribution < 1.29 is 9.90 Å². The molecular weight excluding hydrogens is 564 g/mol. The van der Waals surface area contributed by atoms with E-state index < -0.39 is 0 Å². The van der Waals surface area contributed by atoms with Crippen LogP contribution in [0.15, 0.2) is 33.5 Å². The zero-order valence-corrected chi connectivity index (χ0v) is 26.1. The normalized spacial score (nSPS) is 17.7. The second kappa shape index (κ2) is 15.3. The summed E-state index contributed by atoms with van der Waals surface area (Å²) in [6.45, 7) is 10.3. The Morgan fingerprint density at radius 1 is 1.19 bits per heavy atom.